The number of phenolic OH excluding ortho intramolecular Hbond substituents is 1. The van der Waals surface area contributed by atoms with E-state index in [0.717, 1.165) is 28.8 Å². The summed E-state index contributed by atoms with van der Waals surface area (Å²) < 4.78 is 0. The van der Waals surface area contributed by atoms with Crippen LogP contribution in [-0.2, 0) is 0 Å². The zero-order valence-electron chi connectivity index (χ0n) is 17.2. The Bertz CT molecular complexity index is 1230. The number of H-pyrrole nitrogens is 1. The molecule has 156 valence electrons. The van der Waals surface area contributed by atoms with E-state index in [1.54, 1.807) is 24.3 Å². The van der Waals surface area contributed by atoms with E-state index in [2.05, 4.69) is 32.6 Å². The van der Waals surface area contributed by atoms with Gasteiger partial charge in [-0.3, -0.25) is 9.89 Å². The van der Waals surface area contributed by atoms with E-state index in [4.69, 9.17) is 0 Å². The quantitative estimate of drug-likeness (QED) is 0.478. The molecule has 1 fully saturated rings. The highest BCUT2D eigenvalue weighted by Crippen LogP contribution is 2.30. The standard InChI is InChI=1S/C24H23N5O2/c1-15-22-19(13-20(26-23(22)28-27-15)16-7-9-18(30)10-8-16)24(31)29-12-11-25-14-21(29)17-5-3-2-4-6-17/h2-10,13,21,25,30H,11-12,14H2,1H3,(H,26,27,28)/t21-/m1/s1. The van der Waals surface area contributed by atoms with Gasteiger partial charge in [-0.1, -0.05) is 30.3 Å². The smallest absolute Gasteiger partial charge is 0.255 e. The maximum absolute atomic E-state index is 13.9. The molecule has 5 rings (SSSR count). The number of carbonyl (C=O) groups is 1. The molecule has 3 N–H and O–H groups in total. The van der Waals surface area contributed by atoms with Crippen molar-refractivity contribution in [3.8, 4) is 17.0 Å². The monoisotopic (exact) mass is 413 g/mol. The highest BCUT2D eigenvalue weighted by Gasteiger charge is 2.30. The summed E-state index contributed by atoms with van der Waals surface area (Å²) in [6, 6.07) is 18.7. The number of hydrogen-bond donors (Lipinski definition) is 3. The summed E-state index contributed by atoms with van der Waals surface area (Å²) in [4.78, 5) is 20.5. The Hall–Kier alpha value is -3.71. The fourth-order valence-corrected chi connectivity index (χ4v) is 4.21. The predicted octanol–water partition coefficient (Wildman–Crippen LogP) is 3.43. The number of pyridine rings is 1. The lowest BCUT2D eigenvalue weighted by Gasteiger charge is -2.36. The number of fused-ring (bicyclic) bond motifs is 1. The number of hydrogen-bond acceptors (Lipinski definition) is 5. The van der Waals surface area contributed by atoms with Crippen LogP contribution in [0, 0.1) is 6.92 Å². The fraction of sp³-hybridized carbons (Fsp3) is 0.208. The minimum absolute atomic E-state index is 0.0349. The topological polar surface area (TPSA) is 94.1 Å². The van der Waals surface area contributed by atoms with Gasteiger partial charge in [-0.25, -0.2) is 4.98 Å². The van der Waals surface area contributed by atoms with Crippen LogP contribution in [0.4, 0.5) is 0 Å². The largest absolute Gasteiger partial charge is 0.508 e. The highest BCUT2D eigenvalue weighted by molar-refractivity contribution is 6.07. The fourth-order valence-electron chi connectivity index (χ4n) is 4.21. The van der Waals surface area contributed by atoms with Crippen molar-refractivity contribution in [1.29, 1.82) is 0 Å². The second-order valence-corrected chi connectivity index (χ2v) is 7.76. The first kappa shape index (κ1) is 19.3. The lowest BCUT2D eigenvalue weighted by molar-refractivity contribution is 0.0636. The van der Waals surface area contributed by atoms with Gasteiger partial charge in [0.05, 0.1) is 28.4 Å². The average molecular weight is 413 g/mol. The van der Waals surface area contributed by atoms with E-state index in [-0.39, 0.29) is 17.7 Å². The molecule has 7 heteroatoms. The number of phenols is 1. The number of aromatic nitrogens is 3. The summed E-state index contributed by atoms with van der Waals surface area (Å²) >= 11 is 0. The molecule has 7 nitrogen and oxygen atoms in total. The zero-order chi connectivity index (χ0) is 21.4. The van der Waals surface area contributed by atoms with E-state index in [1.165, 1.54) is 0 Å². The third-order valence-corrected chi connectivity index (χ3v) is 5.79. The van der Waals surface area contributed by atoms with E-state index >= 15 is 0 Å². The van der Waals surface area contributed by atoms with Gasteiger partial charge in [0.15, 0.2) is 5.65 Å². The maximum atomic E-state index is 13.9. The Morgan fingerprint density at radius 1 is 1.13 bits per heavy atom. The number of aromatic hydroxyl groups is 1. The Balaban J connectivity index is 1.61. The Labute approximate surface area is 179 Å². The van der Waals surface area contributed by atoms with E-state index in [9.17, 15) is 9.90 Å². The van der Waals surface area contributed by atoms with Gasteiger partial charge in [-0.15, -0.1) is 0 Å². The number of nitrogens with one attached hydrogen (secondary N) is 2. The minimum Gasteiger partial charge on any atom is -0.508 e. The normalized spacial score (nSPS) is 16.5. The molecule has 1 saturated heterocycles. The van der Waals surface area contributed by atoms with Crippen molar-refractivity contribution in [2.45, 2.75) is 13.0 Å². The van der Waals surface area contributed by atoms with Gasteiger partial charge in [0.1, 0.15) is 5.75 Å². The van der Waals surface area contributed by atoms with Crippen LogP contribution in [0.5, 0.6) is 5.75 Å². The SMILES string of the molecule is Cc1n[nH]c2nc(-c3ccc(O)cc3)cc(C(=O)N3CCNC[C@@H]3c3ccccc3)c12. The van der Waals surface area contributed by atoms with Gasteiger partial charge >= 0.3 is 0 Å². The lowest BCUT2D eigenvalue weighted by Crippen LogP contribution is -2.48. The number of rotatable bonds is 3. The average Bonchev–Trinajstić information content (AvgIpc) is 3.20. The molecule has 0 bridgehead atoms. The molecule has 1 aliphatic heterocycles. The van der Waals surface area contributed by atoms with Crippen LogP contribution < -0.4 is 5.32 Å². The molecule has 0 unspecified atom stereocenters. The Morgan fingerprint density at radius 2 is 1.90 bits per heavy atom. The molecule has 1 atom stereocenters. The van der Waals surface area contributed by atoms with Crippen molar-refractivity contribution in [2.24, 2.45) is 0 Å². The van der Waals surface area contributed by atoms with E-state index < -0.39 is 0 Å². The van der Waals surface area contributed by atoms with E-state index in [0.29, 0.717) is 30.0 Å². The van der Waals surface area contributed by atoms with E-state index in [1.807, 2.05) is 36.1 Å². The van der Waals surface area contributed by atoms with Crippen molar-refractivity contribution in [3.05, 3.63) is 77.5 Å². The molecule has 1 aliphatic rings. The van der Waals surface area contributed by atoms with Crippen LogP contribution in [0.1, 0.15) is 27.7 Å². The number of aromatic amines is 1. The van der Waals surface area contributed by atoms with Gasteiger partial charge in [0, 0.05) is 25.2 Å². The number of piperazine rings is 1. The summed E-state index contributed by atoms with van der Waals surface area (Å²) in [5.74, 6) is 0.150. The highest BCUT2D eigenvalue weighted by atomic mass is 16.3. The zero-order valence-corrected chi connectivity index (χ0v) is 17.2. The first-order chi connectivity index (χ1) is 15.1. The van der Waals surface area contributed by atoms with Crippen LogP contribution in [0.3, 0.4) is 0 Å². The Morgan fingerprint density at radius 3 is 2.68 bits per heavy atom. The third kappa shape index (κ3) is 3.53. The van der Waals surface area contributed by atoms with Crippen molar-refractivity contribution in [3.63, 3.8) is 0 Å². The molecule has 0 saturated carbocycles. The molecule has 4 aromatic rings. The molecule has 3 heterocycles. The molecule has 2 aromatic heterocycles. The first-order valence-electron chi connectivity index (χ1n) is 10.3. The molecule has 1 amide bonds. The second kappa shape index (κ2) is 7.85. The van der Waals surface area contributed by atoms with Crippen LogP contribution in [0.15, 0.2) is 60.7 Å². The predicted molar refractivity (Wildman–Crippen MR) is 119 cm³/mol. The summed E-state index contributed by atoms with van der Waals surface area (Å²) in [6.45, 7) is 3.95. The summed E-state index contributed by atoms with van der Waals surface area (Å²) in [6.07, 6.45) is 0. The van der Waals surface area contributed by atoms with Crippen LogP contribution >= 0.6 is 0 Å². The van der Waals surface area contributed by atoms with Crippen molar-refractivity contribution < 1.29 is 9.90 Å². The molecular formula is C24H23N5O2. The van der Waals surface area contributed by atoms with Crippen molar-refractivity contribution >= 4 is 16.9 Å². The summed E-state index contributed by atoms with van der Waals surface area (Å²) in [5.41, 5.74) is 4.50. The minimum atomic E-state index is -0.0463. The van der Waals surface area contributed by atoms with Crippen molar-refractivity contribution in [2.75, 3.05) is 19.6 Å². The van der Waals surface area contributed by atoms with Crippen LogP contribution in [-0.4, -0.2) is 50.7 Å². The molecule has 31 heavy (non-hydrogen) atoms. The van der Waals surface area contributed by atoms with Gasteiger partial charge < -0.3 is 15.3 Å². The second-order valence-electron chi connectivity index (χ2n) is 7.76. The van der Waals surface area contributed by atoms with Crippen LogP contribution in [0.2, 0.25) is 0 Å². The van der Waals surface area contributed by atoms with Gasteiger partial charge in [-0.2, -0.15) is 5.10 Å². The molecule has 2 aromatic carbocycles. The number of benzene rings is 2. The van der Waals surface area contributed by atoms with Gasteiger partial charge in [-0.05, 0) is 42.8 Å². The van der Waals surface area contributed by atoms with Gasteiger partial charge in [0.2, 0.25) is 0 Å². The summed E-state index contributed by atoms with van der Waals surface area (Å²) in [7, 11) is 0. The Kier molecular flexibility index (Phi) is 4.88. The van der Waals surface area contributed by atoms with Crippen molar-refractivity contribution in [1.82, 2.24) is 25.4 Å². The summed E-state index contributed by atoms with van der Waals surface area (Å²) in [5, 5.41) is 21.0. The molecule has 0 spiro atoms. The molecule has 0 radical (unpaired) electrons. The third-order valence-electron chi connectivity index (χ3n) is 5.79. The lowest BCUT2D eigenvalue weighted by atomic mass is 10.00. The molecule has 0 aliphatic carbocycles. The molecular weight excluding hydrogens is 390 g/mol. The first-order valence-corrected chi connectivity index (χ1v) is 10.3. The van der Waals surface area contributed by atoms with Gasteiger partial charge in [0.25, 0.3) is 5.91 Å². The van der Waals surface area contributed by atoms with Crippen LogP contribution in [0.25, 0.3) is 22.3 Å². The number of carbonyl (C=O) groups excluding carboxylic acids is 1. The number of amides is 1. The number of aryl methyl sites for hydroxylation is 1. The maximum Gasteiger partial charge on any atom is 0.255 e. The number of nitrogens with zero attached hydrogens (tertiary/aromatic N) is 3.